The zero-order chi connectivity index (χ0) is 22.1. The van der Waals surface area contributed by atoms with Crippen LogP contribution in [-0.2, 0) is 4.79 Å². The van der Waals surface area contributed by atoms with Crippen molar-refractivity contribution < 1.29 is 14.3 Å². The topological polar surface area (TPSA) is 75.7 Å². The van der Waals surface area contributed by atoms with Crippen LogP contribution in [0.5, 0.6) is 10.8 Å². The highest BCUT2D eigenvalue weighted by molar-refractivity contribution is 7.21. The van der Waals surface area contributed by atoms with Gasteiger partial charge in [-0.3, -0.25) is 4.79 Å². The van der Waals surface area contributed by atoms with Crippen LogP contribution >= 0.6 is 11.3 Å². The van der Waals surface area contributed by atoms with Crippen LogP contribution in [0.3, 0.4) is 0 Å². The number of anilines is 1. The maximum atomic E-state index is 12.4. The fourth-order valence-corrected chi connectivity index (χ4v) is 5.59. The zero-order valence-corrected chi connectivity index (χ0v) is 19.2. The van der Waals surface area contributed by atoms with Crippen molar-refractivity contribution in [1.29, 1.82) is 0 Å². The summed E-state index contributed by atoms with van der Waals surface area (Å²) in [4.78, 5) is 19.7. The third-order valence-corrected chi connectivity index (χ3v) is 7.45. The molecule has 2 aliphatic heterocycles. The normalized spacial score (nSPS) is 20.3. The Labute approximate surface area is 191 Å². The van der Waals surface area contributed by atoms with Crippen molar-refractivity contribution in [3.8, 4) is 22.1 Å². The molecule has 2 fully saturated rings. The number of piperidine rings is 1. The summed E-state index contributed by atoms with van der Waals surface area (Å²) in [7, 11) is 3.60. The van der Waals surface area contributed by atoms with Gasteiger partial charge in [-0.05, 0) is 49.7 Å². The fourth-order valence-electron chi connectivity index (χ4n) is 4.63. The summed E-state index contributed by atoms with van der Waals surface area (Å²) in [5.41, 5.74) is 4.01. The van der Waals surface area contributed by atoms with Crippen LogP contribution in [-0.4, -0.2) is 57.8 Å². The minimum atomic E-state index is 0.0614. The Balaban J connectivity index is 1.49. The molecule has 2 saturated heterocycles. The molecule has 8 heteroatoms. The summed E-state index contributed by atoms with van der Waals surface area (Å²) in [6, 6.07) is 12.2. The second kappa shape index (κ2) is 8.96. The van der Waals surface area contributed by atoms with Gasteiger partial charge in [0, 0.05) is 37.8 Å². The SMILES string of the molecule is CNCCOc1ccc(-c2cc(N3CC4CCNC(=O)C4C3)c3sc(OC)cc3n2)cc1. The Hall–Kier alpha value is -2.84. The summed E-state index contributed by atoms with van der Waals surface area (Å²) in [5.74, 6) is 1.50. The largest absolute Gasteiger partial charge is 0.492 e. The third kappa shape index (κ3) is 4.00. The van der Waals surface area contributed by atoms with E-state index in [0.29, 0.717) is 12.5 Å². The number of ether oxygens (including phenoxy) is 2. The number of fused-ring (bicyclic) bond motifs is 2. The molecule has 0 bridgehead atoms. The minimum Gasteiger partial charge on any atom is -0.492 e. The molecule has 5 rings (SSSR count). The molecule has 32 heavy (non-hydrogen) atoms. The first-order chi connectivity index (χ1) is 15.7. The second-order valence-electron chi connectivity index (χ2n) is 8.34. The number of thiophene rings is 1. The Bertz CT molecular complexity index is 1110. The van der Waals surface area contributed by atoms with Crippen LogP contribution in [0, 0.1) is 11.8 Å². The second-order valence-corrected chi connectivity index (χ2v) is 9.35. The lowest BCUT2D eigenvalue weighted by Crippen LogP contribution is -2.41. The van der Waals surface area contributed by atoms with Crippen molar-refractivity contribution in [1.82, 2.24) is 15.6 Å². The van der Waals surface area contributed by atoms with Crippen molar-refractivity contribution in [3.63, 3.8) is 0 Å². The van der Waals surface area contributed by atoms with Crippen LogP contribution in [0.4, 0.5) is 5.69 Å². The molecule has 0 radical (unpaired) electrons. The predicted molar refractivity (Wildman–Crippen MR) is 128 cm³/mol. The van der Waals surface area contributed by atoms with Crippen LogP contribution in [0.25, 0.3) is 21.5 Å². The van der Waals surface area contributed by atoms with Gasteiger partial charge in [0.05, 0.1) is 34.6 Å². The van der Waals surface area contributed by atoms with Gasteiger partial charge in [-0.25, -0.2) is 4.98 Å². The summed E-state index contributed by atoms with van der Waals surface area (Å²) < 4.78 is 12.4. The minimum absolute atomic E-state index is 0.0614. The molecule has 0 saturated carbocycles. The molecule has 1 aromatic carbocycles. The highest BCUT2D eigenvalue weighted by Crippen LogP contribution is 2.42. The van der Waals surface area contributed by atoms with E-state index in [1.807, 2.05) is 37.4 Å². The van der Waals surface area contributed by atoms with Gasteiger partial charge in [-0.1, -0.05) is 11.3 Å². The van der Waals surface area contributed by atoms with E-state index in [9.17, 15) is 4.79 Å². The van der Waals surface area contributed by atoms with E-state index in [4.69, 9.17) is 14.5 Å². The molecule has 2 aliphatic rings. The van der Waals surface area contributed by atoms with Crippen LogP contribution in [0.1, 0.15) is 6.42 Å². The smallest absolute Gasteiger partial charge is 0.225 e. The number of nitrogens with zero attached hydrogens (tertiary/aromatic N) is 2. The molecule has 3 aromatic rings. The molecule has 168 valence electrons. The molecule has 1 amide bonds. The van der Waals surface area contributed by atoms with E-state index in [1.54, 1.807) is 18.4 Å². The van der Waals surface area contributed by atoms with Gasteiger partial charge in [0.1, 0.15) is 12.4 Å². The monoisotopic (exact) mass is 452 g/mol. The average Bonchev–Trinajstić information content (AvgIpc) is 3.44. The number of carbonyl (C=O) groups is 1. The Morgan fingerprint density at radius 3 is 2.84 bits per heavy atom. The van der Waals surface area contributed by atoms with E-state index in [2.05, 4.69) is 21.6 Å². The van der Waals surface area contributed by atoms with Crippen molar-refractivity contribution in [3.05, 3.63) is 36.4 Å². The standard InChI is InChI=1S/C24H28N4O3S/c1-25-9-10-31-17-5-3-15(4-6-17)19-11-21(23-20(27-19)12-22(30-2)32-23)28-13-16-7-8-26-24(29)18(16)14-28/h3-6,11-12,16,18,25H,7-10,13-14H2,1-2H3,(H,26,29). The molecule has 0 aliphatic carbocycles. The van der Waals surface area contributed by atoms with Gasteiger partial charge in [-0.2, -0.15) is 0 Å². The van der Waals surface area contributed by atoms with Gasteiger partial charge in [-0.15, -0.1) is 0 Å². The summed E-state index contributed by atoms with van der Waals surface area (Å²) in [6.07, 6.45) is 1.04. The number of pyridine rings is 1. The Morgan fingerprint density at radius 1 is 1.25 bits per heavy atom. The molecule has 0 spiro atoms. The molecule has 7 nitrogen and oxygen atoms in total. The Kier molecular flexibility index (Phi) is 5.89. The molecular weight excluding hydrogens is 424 g/mol. The number of likely N-dealkylation sites (N-methyl/N-ethyl adjacent to an activating group) is 1. The van der Waals surface area contributed by atoms with Crippen LogP contribution in [0.15, 0.2) is 36.4 Å². The van der Waals surface area contributed by atoms with E-state index in [1.165, 1.54) is 0 Å². The van der Waals surface area contributed by atoms with Gasteiger partial charge in [0.15, 0.2) is 5.06 Å². The fraction of sp³-hybridized carbons (Fsp3) is 0.417. The Morgan fingerprint density at radius 2 is 2.09 bits per heavy atom. The summed E-state index contributed by atoms with van der Waals surface area (Å²) >= 11 is 1.61. The quantitative estimate of drug-likeness (QED) is 0.537. The number of hydrogen-bond donors (Lipinski definition) is 2. The van der Waals surface area contributed by atoms with Gasteiger partial charge in [0.25, 0.3) is 0 Å². The number of amides is 1. The molecule has 4 heterocycles. The third-order valence-electron chi connectivity index (χ3n) is 6.34. The lowest BCUT2D eigenvalue weighted by molar-refractivity contribution is -0.127. The van der Waals surface area contributed by atoms with E-state index in [0.717, 1.165) is 70.6 Å². The van der Waals surface area contributed by atoms with Crippen molar-refractivity contribution in [2.24, 2.45) is 11.8 Å². The molecule has 2 aromatic heterocycles. The first-order valence-electron chi connectivity index (χ1n) is 11.1. The lowest BCUT2D eigenvalue weighted by Gasteiger charge is -2.23. The average molecular weight is 453 g/mol. The predicted octanol–water partition coefficient (Wildman–Crippen LogP) is 3.14. The number of rotatable bonds is 7. The zero-order valence-electron chi connectivity index (χ0n) is 18.4. The number of carbonyl (C=O) groups excluding carboxylic acids is 1. The highest BCUT2D eigenvalue weighted by atomic mass is 32.1. The molecular formula is C24H28N4O3S. The molecule has 2 N–H and O–H groups in total. The molecule has 2 atom stereocenters. The van der Waals surface area contributed by atoms with Crippen LogP contribution in [0.2, 0.25) is 0 Å². The van der Waals surface area contributed by atoms with E-state index >= 15 is 0 Å². The number of benzene rings is 1. The molecule has 2 unspecified atom stereocenters. The number of nitrogens with one attached hydrogen (secondary N) is 2. The van der Waals surface area contributed by atoms with Crippen molar-refractivity contribution in [2.45, 2.75) is 6.42 Å². The highest BCUT2D eigenvalue weighted by Gasteiger charge is 2.40. The van der Waals surface area contributed by atoms with Gasteiger partial charge >= 0.3 is 0 Å². The summed E-state index contributed by atoms with van der Waals surface area (Å²) in [5, 5.41) is 6.95. The number of methoxy groups -OCH3 is 1. The number of hydrogen-bond acceptors (Lipinski definition) is 7. The van der Waals surface area contributed by atoms with Gasteiger partial charge in [0.2, 0.25) is 5.91 Å². The first-order valence-corrected chi connectivity index (χ1v) is 11.9. The first kappa shape index (κ1) is 21.0. The lowest BCUT2D eigenvalue weighted by atomic mass is 9.89. The van der Waals surface area contributed by atoms with Gasteiger partial charge < -0.3 is 25.0 Å². The van der Waals surface area contributed by atoms with Crippen molar-refractivity contribution in [2.75, 3.05) is 51.8 Å². The maximum Gasteiger partial charge on any atom is 0.225 e. The van der Waals surface area contributed by atoms with Crippen molar-refractivity contribution >= 4 is 33.1 Å². The maximum absolute atomic E-state index is 12.4. The number of aromatic nitrogens is 1. The summed E-state index contributed by atoms with van der Waals surface area (Å²) in [6.45, 7) is 3.85. The van der Waals surface area contributed by atoms with E-state index < -0.39 is 0 Å². The van der Waals surface area contributed by atoms with E-state index in [-0.39, 0.29) is 11.8 Å². The van der Waals surface area contributed by atoms with Crippen LogP contribution < -0.4 is 25.0 Å².